The number of anilines is 4. The molecule has 4 saturated heterocycles. The molecule has 0 amide bonds. The number of rotatable bonds is 12. The molecule has 20 heterocycles. The van der Waals surface area contributed by atoms with E-state index in [-0.39, 0.29) is 0 Å². The molecule has 28 nitrogen and oxygen atoms in total. The van der Waals surface area contributed by atoms with E-state index < -0.39 is 0 Å². The van der Waals surface area contributed by atoms with E-state index in [1.807, 2.05) is 127 Å². The second-order valence-corrected chi connectivity index (χ2v) is 29.3. The monoisotopic (exact) mass is 1570 g/mol. The highest BCUT2D eigenvalue weighted by Crippen LogP contribution is 2.43. The zero-order valence-electron chi connectivity index (χ0n) is 63.0. The Morgan fingerprint density at radius 1 is 0.345 bits per heavy atom. The van der Waals surface area contributed by atoms with Gasteiger partial charge in [-0.2, -0.15) is 25.5 Å². The van der Waals surface area contributed by atoms with E-state index in [4.69, 9.17) is 50.5 Å². The molecule has 0 atom stereocenters. The fourth-order valence-corrected chi connectivity index (χ4v) is 16.5. The van der Waals surface area contributed by atoms with Gasteiger partial charge in [-0.3, -0.25) is 50.0 Å². The molecule has 18 aromatic rings. The maximum absolute atomic E-state index is 6.17. The summed E-state index contributed by atoms with van der Waals surface area (Å²) in [5.41, 5.74) is 18.6. The van der Waals surface area contributed by atoms with E-state index in [9.17, 15) is 0 Å². The van der Waals surface area contributed by atoms with Crippen LogP contribution >= 0.6 is 22.9 Å². The van der Waals surface area contributed by atoms with Crippen LogP contribution in [-0.4, -0.2) is 206 Å². The highest BCUT2D eigenvalue weighted by Gasteiger charge is 2.26. The van der Waals surface area contributed by atoms with Crippen molar-refractivity contribution in [3.05, 3.63) is 225 Å². The number of nitrogens with zero attached hydrogens (tertiary/aromatic N) is 20. The Bertz CT molecular complexity index is 6440. The number of hydrogen-bond donors (Lipinski definition) is 4. The van der Waals surface area contributed by atoms with Crippen molar-refractivity contribution in [3.8, 4) is 89.5 Å². The minimum atomic E-state index is 0.457. The number of ether oxygens (including phenoxy) is 4. The predicted molar refractivity (Wildman–Crippen MR) is 453 cm³/mol. The van der Waals surface area contributed by atoms with Crippen LogP contribution in [-0.2, 0) is 26.0 Å². The second kappa shape index (κ2) is 33.0. The van der Waals surface area contributed by atoms with Crippen molar-refractivity contribution in [1.29, 1.82) is 0 Å². The zero-order chi connectivity index (χ0) is 77.7. The van der Waals surface area contributed by atoms with Crippen LogP contribution in [0.4, 0.5) is 23.3 Å². The van der Waals surface area contributed by atoms with E-state index in [0.717, 1.165) is 222 Å². The Labute approximate surface area is 672 Å². The van der Waals surface area contributed by atoms with Crippen molar-refractivity contribution in [2.75, 3.05) is 125 Å². The first-order valence-electron chi connectivity index (χ1n) is 38.3. The van der Waals surface area contributed by atoms with Gasteiger partial charge in [0.05, 0.1) is 86.8 Å². The highest BCUT2D eigenvalue weighted by atomic mass is 35.5. The lowest BCUT2D eigenvalue weighted by Crippen LogP contribution is -2.36. The lowest BCUT2D eigenvalue weighted by Gasteiger charge is -2.28. The molecule has 116 heavy (non-hydrogen) atoms. The van der Waals surface area contributed by atoms with Gasteiger partial charge in [0.15, 0.2) is 0 Å². The SMILES string of the molecule is Clc1cc(-c2cc(N3CCOCC3)nc3c(-c4ccn[nH]4)nccc23)ccn1.Cn1nccc1-c1cc(N2CCOCC2)nc2c(-c3ccn[nH]3)nccc12.c1cc(-c2cc(N3CCOCC3)nc3c(-c4ccn[nH]4)nccc23)c2cccnc2c1.c1ccc2sc(-c3cc(N4CCOCC4)nc4c(-c5ccn[nH]5)nccc34)cc2c1. The molecule has 30 heteroatoms. The summed E-state index contributed by atoms with van der Waals surface area (Å²) >= 11 is 7.98. The number of nitrogens with one attached hydrogen (secondary N) is 4. The Kier molecular flexibility index (Phi) is 20.7. The van der Waals surface area contributed by atoms with Crippen LogP contribution < -0.4 is 19.6 Å². The molecule has 22 rings (SSSR count). The Hall–Kier alpha value is -13.4. The molecule has 0 saturated carbocycles. The van der Waals surface area contributed by atoms with Crippen LogP contribution in [0.2, 0.25) is 5.15 Å². The quantitative estimate of drug-likeness (QED) is 0.0826. The van der Waals surface area contributed by atoms with E-state index >= 15 is 0 Å². The molecule has 4 fully saturated rings. The van der Waals surface area contributed by atoms with Gasteiger partial charge in [0.1, 0.15) is 73.3 Å². The highest BCUT2D eigenvalue weighted by molar-refractivity contribution is 7.22. The van der Waals surface area contributed by atoms with E-state index in [1.165, 1.54) is 20.5 Å². The third kappa shape index (κ3) is 14.9. The molecule has 16 aromatic heterocycles. The van der Waals surface area contributed by atoms with Crippen molar-refractivity contribution in [2.24, 2.45) is 7.05 Å². The summed E-state index contributed by atoms with van der Waals surface area (Å²) in [6, 6.07) is 51.4. The number of benzene rings is 2. The van der Waals surface area contributed by atoms with Gasteiger partial charge in [-0.05, 0) is 143 Å². The minimum Gasteiger partial charge on any atom is -0.378 e. The number of fused-ring (bicyclic) bond motifs is 6. The third-order valence-corrected chi connectivity index (χ3v) is 22.3. The number of aromatic amines is 4. The summed E-state index contributed by atoms with van der Waals surface area (Å²) in [5.74, 6) is 3.72. The molecule has 4 aliphatic heterocycles. The van der Waals surface area contributed by atoms with Gasteiger partial charge in [0.2, 0.25) is 0 Å². The predicted octanol–water partition coefficient (Wildman–Crippen LogP) is 14.6. The van der Waals surface area contributed by atoms with Gasteiger partial charge in [-0.1, -0.05) is 48.0 Å². The molecule has 2 aromatic carbocycles. The fourth-order valence-electron chi connectivity index (χ4n) is 15.2. The van der Waals surface area contributed by atoms with Crippen LogP contribution in [0.3, 0.4) is 0 Å². The summed E-state index contributed by atoms with van der Waals surface area (Å²) in [6.45, 7) is 12.2. The summed E-state index contributed by atoms with van der Waals surface area (Å²) in [5, 5.41) is 39.8. The first kappa shape index (κ1) is 72.8. The number of H-pyrrole nitrogens is 4. The maximum Gasteiger partial charge on any atom is 0.130 e. The molecule has 576 valence electrons. The maximum atomic E-state index is 6.17. The van der Waals surface area contributed by atoms with Crippen LogP contribution in [0.1, 0.15) is 0 Å². The second-order valence-electron chi connectivity index (χ2n) is 27.8. The minimum absolute atomic E-state index is 0.457. The fraction of sp³-hybridized carbons (Fsp3) is 0.198. The van der Waals surface area contributed by atoms with Gasteiger partial charge in [0, 0.05) is 175 Å². The van der Waals surface area contributed by atoms with Crippen LogP contribution in [0.25, 0.3) is 154 Å². The smallest absolute Gasteiger partial charge is 0.130 e. The van der Waals surface area contributed by atoms with Crippen molar-refractivity contribution < 1.29 is 18.9 Å². The van der Waals surface area contributed by atoms with Gasteiger partial charge in [0.25, 0.3) is 0 Å². The summed E-state index contributed by atoms with van der Waals surface area (Å²) < 4.78 is 25.3. The largest absolute Gasteiger partial charge is 0.378 e. The standard InChI is InChI=1S/C24H20N6O.C23H19N5OS.C20H17ClN6O.C19H19N7O/c1-3-16(17-4-2-8-25-20(17)5-1)19-15-22(30-11-13-31-14-12-30)28-23-18(19)6-9-26-24(23)21-7-10-27-29-21;1-2-4-19-15(3-1)13-20(30-19)17-14-21(28-9-11-29-12-10-28)26-22-16(17)5-7-24-23(22)18-6-8-25-27-18;21-17-11-13(1-4-22-17)15-12-18(27-7-9-28-10-8-27)25-19-14(15)2-5-23-20(19)16-3-6-24-26-16;1-25-16(4-7-22-25)14-12-17(26-8-10-27-11-9-26)23-18-13(14)2-5-20-19(18)15-3-6-21-24-15/h1-10,15H,11-14H2,(H,27,29);1-8,13-14H,9-12H2,(H,25,27);1-6,11-12H,7-10H2,(H,24,26);2-7,12H,8-11H2,1H3,(H,21,24). The molecule has 0 unspecified atom stereocenters. The molecule has 4 aliphatic rings. The first-order valence-corrected chi connectivity index (χ1v) is 39.5. The topological polar surface area (TPSA) is 311 Å². The zero-order valence-corrected chi connectivity index (χ0v) is 64.5. The van der Waals surface area contributed by atoms with Crippen molar-refractivity contribution in [2.45, 2.75) is 0 Å². The Morgan fingerprint density at radius 3 is 1.22 bits per heavy atom. The van der Waals surface area contributed by atoms with Gasteiger partial charge >= 0.3 is 0 Å². The molecule has 0 spiro atoms. The number of pyridine rings is 10. The molecule has 4 N–H and O–H groups in total. The van der Waals surface area contributed by atoms with E-state index in [1.54, 1.807) is 37.2 Å². The molecule has 0 radical (unpaired) electrons. The Morgan fingerprint density at radius 2 is 0.776 bits per heavy atom. The van der Waals surface area contributed by atoms with Crippen LogP contribution in [0.15, 0.2) is 220 Å². The Balaban J connectivity index is 0.000000103. The van der Waals surface area contributed by atoms with Gasteiger partial charge in [-0.25, -0.2) is 24.9 Å². The lowest BCUT2D eigenvalue weighted by atomic mass is 9.96. The lowest BCUT2D eigenvalue weighted by molar-refractivity contribution is 0.122. The number of aromatic nitrogens is 20. The number of halogens is 1. The van der Waals surface area contributed by atoms with E-state index in [0.29, 0.717) is 44.8 Å². The number of thiophene rings is 1. The van der Waals surface area contributed by atoms with Crippen LogP contribution in [0.5, 0.6) is 0 Å². The average Bonchev–Trinajstić information content (AvgIpc) is 1.38. The van der Waals surface area contributed by atoms with Crippen molar-refractivity contribution in [1.82, 2.24) is 100 Å². The first-order chi connectivity index (χ1) is 57.3. The van der Waals surface area contributed by atoms with Crippen LogP contribution in [0, 0.1) is 0 Å². The third-order valence-electron chi connectivity index (χ3n) is 21.0. The molecule has 0 bridgehead atoms. The number of morpholine rings is 4. The van der Waals surface area contributed by atoms with E-state index in [2.05, 4.69) is 174 Å². The molecular formula is C86H75ClN24O4S. The van der Waals surface area contributed by atoms with Crippen molar-refractivity contribution in [3.63, 3.8) is 0 Å². The van der Waals surface area contributed by atoms with Gasteiger partial charge < -0.3 is 38.5 Å². The average molecular weight is 1580 g/mol. The number of hydrogen-bond acceptors (Lipinski definition) is 24. The summed E-state index contributed by atoms with van der Waals surface area (Å²) in [6.07, 6.45) is 19.6. The molecule has 0 aliphatic carbocycles. The summed E-state index contributed by atoms with van der Waals surface area (Å²) in [7, 11) is 1.95. The number of aryl methyl sites for hydroxylation is 1. The molecular weight excluding hydrogens is 1500 g/mol. The van der Waals surface area contributed by atoms with Crippen molar-refractivity contribution >= 4 is 111 Å². The summed E-state index contributed by atoms with van der Waals surface area (Å²) in [4.78, 5) is 57.5. The van der Waals surface area contributed by atoms with Gasteiger partial charge in [-0.15, -0.1) is 11.3 Å². The normalized spacial score (nSPS) is 14.6.